The van der Waals surface area contributed by atoms with Crippen molar-refractivity contribution in [3.8, 4) is 0 Å². The molecule has 0 bridgehead atoms. The third-order valence-corrected chi connectivity index (χ3v) is 6.32. The fourth-order valence-electron chi connectivity index (χ4n) is 4.39. The van der Waals surface area contributed by atoms with Crippen LogP contribution in [0.2, 0.25) is 0 Å². The lowest BCUT2D eigenvalue weighted by Gasteiger charge is -2.30. The lowest BCUT2D eigenvalue weighted by Crippen LogP contribution is -2.33. The van der Waals surface area contributed by atoms with E-state index in [9.17, 15) is 9.59 Å². The molecule has 0 aromatic heterocycles. The molecule has 0 saturated carbocycles. The van der Waals surface area contributed by atoms with Crippen LogP contribution in [-0.2, 0) is 9.53 Å². The molecule has 2 rings (SSSR count). The maximum Gasteiger partial charge on any atom is 0.253 e. The lowest BCUT2D eigenvalue weighted by atomic mass is 10.1. The number of carbonyl (C=O) groups is 2. The topological polar surface area (TPSA) is 70.7 Å². The lowest BCUT2D eigenvalue weighted by molar-refractivity contribution is -0.116. The van der Waals surface area contributed by atoms with Gasteiger partial charge in [0, 0.05) is 44.5 Å². The van der Waals surface area contributed by atoms with Crippen molar-refractivity contribution in [2.24, 2.45) is 0 Å². The number of amides is 2. The van der Waals surface area contributed by atoms with E-state index >= 15 is 0 Å². The maximum absolute atomic E-state index is 12.9. The maximum atomic E-state index is 12.9. The standard InChI is InChI=1S/C27H45N3O3/c1-3-4-5-6-7-8-9-10-12-15-26(31)29-23-16-17-25(30-19-13-11-14-20-30)24(22-23)27(32)28-18-21-33-2/h16-17,22H,3-15,18-21H2,1-2H3,(H,28,32)(H,29,31). The van der Waals surface area contributed by atoms with Gasteiger partial charge in [0.2, 0.25) is 5.91 Å². The minimum Gasteiger partial charge on any atom is -0.383 e. The second-order valence-electron chi connectivity index (χ2n) is 9.15. The van der Waals surface area contributed by atoms with Gasteiger partial charge < -0.3 is 20.3 Å². The summed E-state index contributed by atoms with van der Waals surface area (Å²) in [6.45, 7) is 5.10. The molecule has 0 aliphatic carbocycles. The van der Waals surface area contributed by atoms with E-state index in [-0.39, 0.29) is 11.8 Å². The second kappa shape index (κ2) is 16.5. The van der Waals surface area contributed by atoms with Crippen LogP contribution < -0.4 is 15.5 Å². The van der Waals surface area contributed by atoms with Gasteiger partial charge in [-0.1, -0.05) is 58.3 Å². The first-order valence-corrected chi connectivity index (χ1v) is 13.1. The Kier molecular flexibility index (Phi) is 13.6. The fourth-order valence-corrected chi connectivity index (χ4v) is 4.39. The molecule has 0 radical (unpaired) electrons. The Morgan fingerprint density at radius 3 is 2.27 bits per heavy atom. The summed E-state index contributed by atoms with van der Waals surface area (Å²) in [4.78, 5) is 27.6. The van der Waals surface area contributed by atoms with Crippen molar-refractivity contribution in [2.75, 3.05) is 43.6 Å². The van der Waals surface area contributed by atoms with Crippen LogP contribution in [0.15, 0.2) is 18.2 Å². The highest BCUT2D eigenvalue weighted by Crippen LogP contribution is 2.27. The highest BCUT2D eigenvalue weighted by Gasteiger charge is 2.19. The predicted molar refractivity (Wildman–Crippen MR) is 137 cm³/mol. The number of piperidine rings is 1. The van der Waals surface area contributed by atoms with E-state index in [0.717, 1.165) is 44.5 Å². The van der Waals surface area contributed by atoms with Gasteiger partial charge in [0.25, 0.3) is 5.91 Å². The van der Waals surface area contributed by atoms with Crippen LogP contribution in [0, 0.1) is 0 Å². The van der Waals surface area contributed by atoms with Crippen molar-refractivity contribution in [3.05, 3.63) is 23.8 Å². The van der Waals surface area contributed by atoms with E-state index < -0.39 is 0 Å². The number of ether oxygens (including phenoxy) is 1. The molecule has 6 nitrogen and oxygen atoms in total. The van der Waals surface area contributed by atoms with Crippen LogP contribution in [0.4, 0.5) is 11.4 Å². The average molecular weight is 460 g/mol. The van der Waals surface area contributed by atoms with Gasteiger partial charge in [-0.2, -0.15) is 0 Å². The third kappa shape index (κ3) is 10.6. The smallest absolute Gasteiger partial charge is 0.253 e. The summed E-state index contributed by atoms with van der Waals surface area (Å²) in [5.41, 5.74) is 2.25. The summed E-state index contributed by atoms with van der Waals surface area (Å²) in [7, 11) is 1.62. The van der Waals surface area contributed by atoms with Crippen LogP contribution in [0.1, 0.15) is 101 Å². The molecule has 2 amide bonds. The van der Waals surface area contributed by atoms with Crippen LogP contribution in [0.3, 0.4) is 0 Å². The minimum atomic E-state index is -0.123. The zero-order valence-corrected chi connectivity index (χ0v) is 20.9. The van der Waals surface area contributed by atoms with Crippen molar-refractivity contribution in [3.63, 3.8) is 0 Å². The largest absolute Gasteiger partial charge is 0.383 e. The first-order chi connectivity index (χ1) is 16.2. The molecule has 0 unspecified atom stereocenters. The van der Waals surface area contributed by atoms with Gasteiger partial charge >= 0.3 is 0 Å². The number of rotatable bonds is 16. The molecule has 1 aromatic rings. The summed E-state index contributed by atoms with van der Waals surface area (Å²) < 4.78 is 5.05. The highest BCUT2D eigenvalue weighted by molar-refractivity contribution is 6.02. The Morgan fingerprint density at radius 1 is 0.939 bits per heavy atom. The van der Waals surface area contributed by atoms with E-state index in [4.69, 9.17) is 4.74 Å². The molecule has 186 valence electrons. The molecule has 1 saturated heterocycles. The van der Waals surface area contributed by atoms with E-state index in [1.807, 2.05) is 18.2 Å². The van der Waals surface area contributed by atoms with Crippen LogP contribution in [-0.4, -0.2) is 45.2 Å². The molecule has 33 heavy (non-hydrogen) atoms. The third-order valence-electron chi connectivity index (χ3n) is 6.32. The first kappa shape index (κ1) is 27.2. The predicted octanol–water partition coefficient (Wildman–Crippen LogP) is 5.91. The molecule has 1 aliphatic rings. The molecular formula is C27H45N3O3. The zero-order chi connectivity index (χ0) is 23.7. The number of methoxy groups -OCH3 is 1. The number of hydrogen-bond donors (Lipinski definition) is 2. The summed E-state index contributed by atoms with van der Waals surface area (Å²) in [5, 5.41) is 5.92. The summed E-state index contributed by atoms with van der Waals surface area (Å²) in [6.07, 6.45) is 15.2. The van der Waals surface area contributed by atoms with Gasteiger partial charge in [0.15, 0.2) is 0 Å². The molecule has 1 fully saturated rings. The minimum absolute atomic E-state index is 0.0226. The normalized spacial score (nSPS) is 13.7. The van der Waals surface area contributed by atoms with Crippen molar-refractivity contribution in [1.82, 2.24) is 5.32 Å². The van der Waals surface area contributed by atoms with Crippen LogP contribution in [0.25, 0.3) is 0 Å². The van der Waals surface area contributed by atoms with Crippen LogP contribution >= 0.6 is 0 Å². The Labute approximate surface area is 200 Å². The zero-order valence-electron chi connectivity index (χ0n) is 20.9. The fraction of sp³-hybridized carbons (Fsp3) is 0.704. The molecule has 1 heterocycles. The van der Waals surface area contributed by atoms with Gasteiger partial charge in [0.1, 0.15) is 0 Å². The van der Waals surface area contributed by atoms with Gasteiger partial charge in [-0.15, -0.1) is 0 Å². The molecule has 1 aromatic carbocycles. The van der Waals surface area contributed by atoms with E-state index in [0.29, 0.717) is 30.8 Å². The summed E-state index contributed by atoms with van der Waals surface area (Å²) in [6, 6.07) is 5.72. The van der Waals surface area contributed by atoms with E-state index in [2.05, 4.69) is 22.5 Å². The van der Waals surface area contributed by atoms with Gasteiger partial charge in [-0.3, -0.25) is 9.59 Å². The molecule has 0 spiro atoms. The van der Waals surface area contributed by atoms with Crippen LogP contribution in [0.5, 0.6) is 0 Å². The number of anilines is 2. The van der Waals surface area contributed by atoms with Gasteiger partial charge in [-0.25, -0.2) is 0 Å². The van der Waals surface area contributed by atoms with Crippen molar-refractivity contribution in [2.45, 2.75) is 90.4 Å². The monoisotopic (exact) mass is 459 g/mol. The molecule has 2 N–H and O–H groups in total. The number of benzene rings is 1. The average Bonchev–Trinajstić information content (AvgIpc) is 2.83. The van der Waals surface area contributed by atoms with Gasteiger partial charge in [-0.05, 0) is 43.9 Å². The first-order valence-electron chi connectivity index (χ1n) is 13.1. The highest BCUT2D eigenvalue weighted by atomic mass is 16.5. The van der Waals surface area contributed by atoms with Gasteiger partial charge in [0.05, 0.1) is 12.2 Å². The molecule has 0 atom stereocenters. The number of hydrogen-bond acceptors (Lipinski definition) is 4. The Balaban J connectivity index is 1.85. The SMILES string of the molecule is CCCCCCCCCCCC(=O)Nc1ccc(N2CCCCC2)c(C(=O)NCCOC)c1. The van der Waals surface area contributed by atoms with Crippen molar-refractivity contribution in [1.29, 1.82) is 0 Å². The molecular weight excluding hydrogens is 414 g/mol. The second-order valence-corrected chi connectivity index (χ2v) is 9.15. The number of carbonyl (C=O) groups excluding carboxylic acids is 2. The Morgan fingerprint density at radius 2 is 1.61 bits per heavy atom. The Hall–Kier alpha value is -2.08. The number of nitrogens with one attached hydrogen (secondary N) is 2. The number of unbranched alkanes of at least 4 members (excludes halogenated alkanes) is 8. The molecule has 1 aliphatic heterocycles. The molecule has 6 heteroatoms. The van der Waals surface area contributed by atoms with Crippen molar-refractivity contribution >= 4 is 23.2 Å². The van der Waals surface area contributed by atoms with Crippen molar-refractivity contribution < 1.29 is 14.3 Å². The Bertz CT molecular complexity index is 702. The van der Waals surface area contributed by atoms with E-state index in [1.54, 1.807) is 7.11 Å². The number of nitrogens with zero attached hydrogens (tertiary/aromatic N) is 1. The van der Waals surface area contributed by atoms with E-state index in [1.165, 1.54) is 51.4 Å². The quantitative estimate of drug-likeness (QED) is 0.301. The summed E-state index contributed by atoms with van der Waals surface area (Å²) in [5.74, 6) is -0.0999. The summed E-state index contributed by atoms with van der Waals surface area (Å²) >= 11 is 0.